The first-order valence-corrected chi connectivity index (χ1v) is 6.44. The van der Waals surface area contributed by atoms with Gasteiger partial charge in [0.2, 0.25) is 0 Å². The molecule has 0 aromatic heterocycles. The molecule has 0 spiro atoms. The third kappa shape index (κ3) is 4.98. The van der Waals surface area contributed by atoms with Gasteiger partial charge in [0, 0.05) is 18.6 Å². The van der Waals surface area contributed by atoms with Gasteiger partial charge in [-0.2, -0.15) is 0 Å². The van der Waals surface area contributed by atoms with E-state index in [0.29, 0.717) is 6.04 Å². The molecule has 1 N–H and O–H groups in total. The van der Waals surface area contributed by atoms with Crippen LogP contribution in [0.25, 0.3) is 0 Å². The Morgan fingerprint density at radius 1 is 1.20 bits per heavy atom. The minimum Gasteiger partial charge on any atom is -0.314 e. The monoisotopic (exact) mass is 212 g/mol. The third-order valence-electron chi connectivity index (χ3n) is 3.48. The second kappa shape index (κ2) is 5.86. The zero-order valence-corrected chi connectivity index (χ0v) is 11.1. The molecule has 0 bridgehead atoms. The SMILES string of the molecule is CC(C)CN(C)C(C)C(C)CNC1CC1. The van der Waals surface area contributed by atoms with Crippen molar-refractivity contribution in [1.29, 1.82) is 0 Å². The quantitative estimate of drug-likeness (QED) is 0.697. The van der Waals surface area contributed by atoms with E-state index in [0.717, 1.165) is 17.9 Å². The molecule has 0 heterocycles. The van der Waals surface area contributed by atoms with Crippen molar-refractivity contribution in [3.8, 4) is 0 Å². The molecule has 1 aliphatic carbocycles. The van der Waals surface area contributed by atoms with Gasteiger partial charge in [0.05, 0.1) is 0 Å². The normalized spacial score (nSPS) is 21.0. The van der Waals surface area contributed by atoms with Crippen LogP contribution in [-0.4, -0.2) is 37.1 Å². The average molecular weight is 212 g/mol. The van der Waals surface area contributed by atoms with Gasteiger partial charge in [0.25, 0.3) is 0 Å². The van der Waals surface area contributed by atoms with Crippen molar-refractivity contribution in [2.75, 3.05) is 20.1 Å². The molecule has 2 nitrogen and oxygen atoms in total. The van der Waals surface area contributed by atoms with Crippen LogP contribution in [0.1, 0.15) is 40.5 Å². The minimum absolute atomic E-state index is 0.679. The first kappa shape index (κ1) is 13.0. The second-order valence-corrected chi connectivity index (χ2v) is 5.73. The number of hydrogen-bond donors (Lipinski definition) is 1. The maximum atomic E-state index is 3.62. The summed E-state index contributed by atoms with van der Waals surface area (Å²) in [5, 5.41) is 3.62. The molecule has 0 aromatic carbocycles. The predicted molar refractivity (Wildman–Crippen MR) is 67.1 cm³/mol. The molecular weight excluding hydrogens is 184 g/mol. The summed E-state index contributed by atoms with van der Waals surface area (Å²) in [4.78, 5) is 2.49. The maximum absolute atomic E-state index is 3.62. The van der Waals surface area contributed by atoms with Gasteiger partial charge >= 0.3 is 0 Å². The van der Waals surface area contributed by atoms with Crippen LogP contribution in [0, 0.1) is 11.8 Å². The highest BCUT2D eigenvalue weighted by Crippen LogP contribution is 2.19. The van der Waals surface area contributed by atoms with Gasteiger partial charge in [0.15, 0.2) is 0 Å². The zero-order valence-electron chi connectivity index (χ0n) is 11.1. The molecule has 0 saturated heterocycles. The van der Waals surface area contributed by atoms with Crippen molar-refractivity contribution in [2.24, 2.45) is 11.8 Å². The summed E-state index contributed by atoms with van der Waals surface area (Å²) in [5.74, 6) is 1.51. The Balaban J connectivity index is 2.19. The summed E-state index contributed by atoms with van der Waals surface area (Å²) in [6.45, 7) is 11.7. The lowest BCUT2D eigenvalue weighted by molar-refractivity contribution is 0.177. The summed E-state index contributed by atoms with van der Waals surface area (Å²) in [5.41, 5.74) is 0. The standard InChI is InChI=1S/C13H28N2/c1-10(2)9-15(5)12(4)11(3)8-14-13-6-7-13/h10-14H,6-9H2,1-5H3. The van der Waals surface area contributed by atoms with Crippen LogP contribution in [0.2, 0.25) is 0 Å². The van der Waals surface area contributed by atoms with Crippen LogP contribution >= 0.6 is 0 Å². The number of nitrogens with one attached hydrogen (secondary N) is 1. The average Bonchev–Trinajstić information content (AvgIpc) is 2.95. The molecule has 1 aliphatic rings. The van der Waals surface area contributed by atoms with Gasteiger partial charge in [-0.25, -0.2) is 0 Å². The Morgan fingerprint density at radius 2 is 1.80 bits per heavy atom. The summed E-state index contributed by atoms with van der Waals surface area (Å²) in [6, 6.07) is 1.52. The summed E-state index contributed by atoms with van der Waals surface area (Å²) in [7, 11) is 2.25. The van der Waals surface area contributed by atoms with Crippen molar-refractivity contribution in [1.82, 2.24) is 10.2 Å². The second-order valence-electron chi connectivity index (χ2n) is 5.73. The lowest BCUT2D eigenvalue weighted by Crippen LogP contribution is -2.40. The van der Waals surface area contributed by atoms with Crippen molar-refractivity contribution >= 4 is 0 Å². The van der Waals surface area contributed by atoms with Gasteiger partial charge in [-0.15, -0.1) is 0 Å². The first-order chi connectivity index (χ1) is 7.00. The smallest absolute Gasteiger partial charge is 0.0102 e. The fourth-order valence-corrected chi connectivity index (χ4v) is 1.99. The molecule has 0 aromatic rings. The Bertz CT molecular complexity index is 175. The number of rotatable bonds is 7. The number of nitrogens with zero attached hydrogens (tertiary/aromatic N) is 1. The molecule has 0 radical (unpaired) electrons. The van der Waals surface area contributed by atoms with Crippen molar-refractivity contribution < 1.29 is 0 Å². The fraction of sp³-hybridized carbons (Fsp3) is 1.00. The lowest BCUT2D eigenvalue weighted by Gasteiger charge is -2.31. The minimum atomic E-state index is 0.679. The van der Waals surface area contributed by atoms with E-state index in [2.05, 4.69) is 45.0 Å². The van der Waals surface area contributed by atoms with Crippen molar-refractivity contribution in [3.05, 3.63) is 0 Å². The van der Waals surface area contributed by atoms with E-state index in [9.17, 15) is 0 Å². The van der Waals surface area contributed by atoms with Crippen LogP contribution in [0.4, 0.5) is 0 Å². The van der Waals surface area contributed by atoms with Crippen LogP contribution in [0.5, 0.6) is 0 Å². The van der Waals surface area contributed by atoms with E-state index in [1.807, 2.05) is 0 Å². The maximum Gasteiger partial charge on any atom is 0.0102 e. The summed E-state index contributed by atoms with van der Waals surface area (Å²) in [6.07, 6.45) is 2.78. The molecule has 0 aliphatic heterocycles. The van der Waals surface area contributed by atoms with Gasteiger partial charge in [-0.1, -0.05) is 20.8 Å². The Morgan fingerprint density at radius 3 is 2.27 bits per heavy atom. The van der Waals surface area contributed by atoms with Gasteiger partial charge in [-0.3, -0.25) is 0 Å². The Kier molecular flexibility index (Phi) is 5.07. The van der Waals surface area contributed by atoms with Gasteiger partial charge in [-0.05, 0) is 45.2 Å². The third-order valence-corrected chi connectivity index (χ3v) is 3.48. The van der Waals surface area contributed by atoms with Gasteiger partial charge < -0.3 is 10.2 Å². The fourth-order valence-electron chi connectivity index (χ4n) is 1.99. The summed E-state index contributed by atoms with van der Waals surface area (Å²) < 4.78 is 0. The lowest BCUT2D eigenvalue weighted by atomic mass is 10.0. The van der Waals surface area contributed by atoms with E-state index in [-0.39, 0.29) is 0 Å². The van der Waals surface area contributed by atoms with E-state index >= 15 is 0 Å². The molecule has 2 heteroatoms. The highest BCUT2D eigenvalue weighted by molar-refractivity contribution is 4.83. The molecule has 0 amide bonds. The molecule has 1 saturated carbocycles. The highest BCUT2D eigenvalue weighted by atomic mass is 15.1. The molecule has 2 unspecified atom stereocenters. The molecule has 90 valence electrons. The Labute approximate surface area is 95.4 Å². The molecular formula is C13H28N2. The topological polar surface area (TPSA) is 15.3 Å². The van der Waals surface area contributed by atoms with E-state index in [1.54, 1.807) is 0 Å². The van der Waals surface area contributed by atoms with E-state index < -0.39 is 0 Å². The predicted octanol–water partition coefficient (Wildman–Crippen LogP) is 2.35. The largest absolute Gasteiger partial charge is 0.314 e. The molecule has 1 rings (SSSR count). The summed E-state index contributed by atoms with van der Waals surface area (Å²) >= 11 is 0. The molecule has 15 heavy (non-hydrogen) atoms. The van der Waals surface area contributed by atoms with Crippen LogP contribution in [-0.2, 0) is 0 Å². The van der Waals surface area contributed by atoms with E-state index in [4.69, 9.17) is 0 Å². The van der Waals surface area contributed by atoms with Crippen LogP contribution in [0.3, 0.4) is 0 Å². The van der Waals surface area contributed by atoms with Crippen LogP contribution in [0.15, 0.2) is 0 Å². The van der Waals surface area contributed by atoms with Crippen molar-refractivity contribution in [3.63, 3.8) is 0 Å². The highest BCUT2D eigenvalue weighted by Gasteiger charge is 2.23. The zero-order chi connectivity index (χ0) is 11.4. The van der Waals surface area contributed by atoms with Gasteiger partial charge in [0.1, 0.15) is 0 Å². The Hall–Kier alpha value is -0.0800. The molecule has 2 atom stereocenters. The van der Waals surface area contributed by atoms with Crippen LogP contribution < -0.4 is 5.32 Å². The van der Waals surface area contributed by atoms with Crippen molar-refractivity contribution in [2.45, 2.75) is 52.6 Å². The first-order valence-electron chi connectivity index (χ1n) is 6.44. The van der Waals surface area contributed by atoms with E-state index in [1.165, 1.54) is 25.9 Å². The molecule has 1 fully saturated rings. The number of hydrogen-bond acceptors (Lipinski definition) is 2.